The third-order valence-corrected chi connectivity index (χ3v) is 4.97. The van der Waals surface area contributed by atoms with Crippen LogP contribution >= 0.6 is 11.6 Å². The van der Waals surface area contributed by atoms with Crippen molar-refractivity contribution in [2.45, 2.75) is 0 Å². The average molecular weight is 435 g/mol. The summed E-state index contributed by atoms with van der Waals surface area (Å²) in [5.74, 6) is -2.30. The number of imide groups is 1. The third kappa shape index (κ3) is 3.91. The van der Waals surface area contributed by atoms with E-state index in [1.54, 1.807) is 36.4 Å². The van der Waals surface area contributed by atoms with Crippen molar-refractivity contribution in [1.29, 1.82) is 0 Å². The molecule has 2 N–H and O–H groups in total. The van der Waals surface area contributed by atoms with Crippen molar-refractivity contribution in [3.8, 4) is 0 Å². The zero-order valence-corrected chi connectivity index (χ0v) is 16.8. The summed E-state index contributed by atoms with van der Waals surface area (Å²) in [7, 11) is 0. The predicted octanol–water partition coefficient (Wildman–Crippen LogP) is 3.76. The van der Waals surface area contributed by atoms with Gasteiger partial charge in [0, 0.05) is 16.3 Å². The fourth-order valence-corrected chi connectivity index (χ4v) is 3.41. The van der Waals surface area contributed by atoms with Crippen LogP contribution in [0.15, 0.2) is 66.7 Å². The van der Waals surface area contributed by atoms with Crippen LogP contribution in [0.2, 0.25) is 5.02 Å². The minimum Gasteiger partial charge on any atom is -0.454 e. The van der Waals surface area contributed by atoms with Crippen LogP contribution < -0.4 is 10.6 Å². The number of nitrogen functional groups attached to an aromatic ring is 1. The maximum Gasteiger partial charge on any atom is 0.338 e. The van der Waals surface area contributed by atoms with Crippen molar-refractivity contribution >= 4 is 46.5 Å². The molecule has 3 aromatic carbocycles. The first-order valence-corrected chi connectivity index (χ1v) is 9.57. The highest BCUT2D eigenvalue weighted by atomic mass is 35.5. The Morgan fingerprint density at radius 2 is 1.61 bits per heavy atom. The SMILES string of the molecule is Nc1cccc(C(=O)COC(=O)c2ccc3c(c2)C(=O)N(c2cccc(Cl)c2)C3=O)c1. The standard InChI is InChI=1S/C23H15ClN2O5/c24-15-4-2-6-17(11-15)26-21(28)18-8-7-14(10-19(18)22(26)29)23(30)31-12-20(27)13-3-1-5-16(25)9-13/h1-11H,12,25H2. The number of hydrogen-bond acceptors (Lipinski definition) is 6. The minimum absolute atomic E-state index is 0.0493. The van der Waals surface area contributed by atoms with Gasteiger partial charge in [-0.1, -0.05) is 29.8 Å². The van der Waals surface area contributed by atoms with Gasteiger partial charge in [-0.05, 0) is 48.5 Å². The van der Waals surface area contributed by atoms with Crippen molar-refractivity contribution in [3.63, 3.8) is 0 Å². The molecule has 0 radical (unpaired) electrons. The molecule has 8 heteroatoms. The van der Waals surface area contributed by atoms with E-state index in [0.29, 0.717) is 22.0 Å². The van der Waals surface area contributed by atoms with E-state index < -0.39 is 30.2 Å². The number of nitrogens with zero attached hydrogens (tertiary/aromatic N) is 1. The van der Waals surface area contributed by atoms with Gasteiger partial charge in [-0.15, -0.1) is 0 Å². The van der Waals surface area contributed by atoms with E-state index in [4.69, 9.17) is 22.1 Å². The van der Waals surface area contributed by atoms with E-state index in [1.165, 1.54) is 30.3 Å². The summed E-state index contributed by atoms with van der Waals surface area (Å²) in [6, 6.07) is 16.7. The number of amides is 2. The number of carbonyl (C=O) groups is 4. The van der Waals surface area contributed by atoms with E-state index >= 15 is 0 Å². The molecule has 0 aromatic heterocycles. The fraction of sp³-hybridized carbons (Fsp3) is 0.0435. The van der Waals surface area contributed by atoms with E-state index in [1.807, 2.05) is 0 Å². The number of benzene rings is 3. The topological polar surface area (TPSA) is 107 Å². The molecule has 31 heavy (non-hydrogen) atoms. The lowest BCUT2D eigenvalue weighted by atomic mass is 10.1. The van der Waals surface area contributed by atoms with Crippen molar-refractivity contribution in [1.82, 2.24) is 0 Å². The Morgan fingerprint density at radius 3 is 2.35 bits per heavy atom. The molecule has 0 aliphatic carbocycles. The number of halogens is 1. The predicted molar refractivity (Wildman–Crippen MR) is 115 cm³/mol. The first kappa shape index (κ1) is 20.3. The molecule has 1 heterocycles. The molecule has 0 spiro atoms. The number of esters is 1. The Hall–Kier alpha value is -3.97. The number of fused-ring (bicyclic) bond motifs is 1. The van der Waals surface area contributed by atoms with Gasteiger partial charge in [0.2, 0.25) is 0 Å². The Morgan fingerprint density at radius 1 is 0.871 bits per heavy atom. The van der Waals surface area contributed by atoms with Crippen molar-refractivity contribution < 1.29 is 23.9 Å². The van der Waals surface area contributed by atoms with Crippen LogP contribution in [-0.2, 0) is 4.74 Å². The van der Waals surface area contributed by atoms with E-state index in [-0.39, 0.29) is 16.7 Å². The molecular weight excluding hydrogens is 420 g/mol. The van der Waals surface area contributed by atoms with Crippen LogP contribution in [0.1, 0.15) is 41.4 Å². The lowest BCUT2D eigenvalue weighted by Crippen LogP contribution is -2.29. The normalized spacial score (nSPS) is 12.6. The quantitative estimate of drug-likeness (QED) is 0.283. The van der Waals surface area contributed by atoms with Crippen LogP contribution in [-0.4, -0.2) is 30.2 Å². The molecule has 7 nitrogen and oxygen atoms in total. The highest BCUT2D eigenvalue weighted by Crippen LogP contribution is 2.30. The van der Waals surface area contributed by atoms with Gasteiger partial charge in [0.05, 0.1) is 22.4 Å². The lowest BCUT2D eigenvalue weighted by molar-refractivity contribution is 0.0474. The molecule has 0 saturated carbocycles. The van der Waals surface area contributed by atoms with Gasteiger partial charge >= 0.3 is 5.97 Å². The van der Waals surface area contributed by atoms with Gasteiger partial charge in [-0.2, -0.15) is 0 Å². The first-order valence-electron chi connectivity index (χ1n) is 9.19. The Bertz CT molecular complexity index is 1250. The number of Topliss-reactive ketones (excluding diaryl/α,β-unsaturated/α-hetero) is 1. The second-order valence-electron chi connectivity index (χ2n) is 6.81. The smallest absolute Gasteiger partial charge is 0.338 e. The van der Waals surface area contributed by atoms with Crippen LogP contribution in [0.4, 0.5) is 11.4 Å². The van der Waals surface area contributed by atoms with Crippen molar-refractivity contribution in [2.75, 3.05) is 17.2 Å². The zero-order valence-electron chi connectivity index (χ0n) is 16.0. The monoisotopic (exact) mass is 434 g/mol. The number of ether oxygens (including phenoxy) is 1. The molecule has 0 atom stereocenters. The summed E-state index contributed by atoms with van der Waals surface area (Å²) in [6.45, 7) is -0.485. The Labute approximate surface area is 182 Å². The van der Waals surface area contributed by atoms with E-state index in [0.717, 1.165) is 4.90 Å². The first-order chi connectivity index (χ1) is 14.8. The molecule has 0 bridgehead atoms. The summed E-state index contributed by atoms with van der Waals surface area (Å²) >= 11 is 5.97. The van der Waals surface area contributed by atoms with Gasteiger partial charge in [0.15, 0.2) is 12.4 Å². The summed E-state index contributed by atoms with van der Waals surface area (Å²) in [5, 5.41) is 0.378. The number of rotatable bonds is 5. The number of ketones is 1. The molecule has 2 amide bonds. The van der Waals surface area contributed by atoms with Gasteiger partial charge in [-0.3, -0.25) is 14.4 Å². The molecule has 0 fully saturated rings. The number of hydrogen-bond donors (Lipinski definition) is 1. The lowest BCUT2D eigenvalue weighted by Gasteiger charge is -2.13. The fourth-order valence-electron chi connectivity index (χ4n) is 3.23. The van der Waals surface area contributed by atoms with E-state index in [9.17, 15) is 19.2 Å². The third-order valence-electron chi connectivity index (χ3n) is 4.73. The minimum atomic E-state index is -0.790. The molecule has 4 rings (SSSR count). The zero-order chi connectivity index (χ0) is 22.1. The highest BCUT2D eigenvalue weighted by molar-refractivity contribution is 6.35. The highest BCUT2D eigenvalue weighted by Gasteiger charge is 2.37. The van der Waals surface area contributed by atoms with Gasteiger partial charge in [-0.25, -0.2) is 9.69 Å². The van der Waals surface area contributed by atoms with Gasteiger partial charge in [0.25, 0.3) is 11.8 Å². The molecule has 1 aliphatic rings. The van der Waals surface area contributed by atoms with Crippen LogP contribution in [0.25, 0.3) is 0 Å². The number of anilines is 2. The largest absolute Gasteiger partial charge is 0.454 e. The van der Waals surface area contributed by atoms with E-state index in [2.05, 4.69) is 0 Å². The second-order valence-corrected chi connectivity index (χ2v) is 7.25. The van der Waals surface area contributed by atoms with Crippen LogP contribution in [0.5, 0.6) is 0 Å². The molecule has 3 aromatic rings. The van der Waals surface area contributed by atoms with Gasteiger partial charge < -0.3 is 10.5 Å². The second kappa shape index (κ2) is 8.04. The summed E-state index contributed by atoms with van der Waals surface area (Å²) in [6.07, 6.45) is 0. The number of carbonyl (C=O) groups excluding carboxylic acids is 4. The van der Waals surface area contributed by atoms with Crippen molar-refractivity contribution in [2.24, 2.45) is 0 Å². The molecule has 154 valence electrons. The summed E-state index contributed by atoms with van der Waals surface area (Å²) in [5.41, 5.74) is 7.00. The maximum atomic E-state index is 12.8. The molecule has 1 aliphatic heterocycles. The van der Waals surface area contributed by atoms with Crippen molar-refractivity contribution in [3.05, 3.63) is 94.0 Å². The maximum absolute atomic E-state index is 12.8. The molecular formula is C23H15ClN2O5. The Kier molecular flexibility index (Phi) is 5.27. The Balaban J connectivity index is 1.52. The summed E-state index contributed by atoms with van der Waals surface area (Å²) < 4.78 is 5.08. The summed E-state index contributed by atoms with van der Waals surface area (Å²) in [4.78, 5) is 51.1. The molecule has 0 unspecified atom stereocenters. The number of nitrogens with two attached hydrogens (primary N) is 1. The van der Waals surface area contributed by atoms with Gasteiger partial charge in [0.1, 0.15) is 0 Å². The molecule has 0 saturated heterocycles. The van der Waals surface area contributed by atoms with Crippen LogP contribution in [0.3, 0.4) is 0 Å². The average Bonchev–Trinajstić information content (AvgIpc) is 3.01. The van der Waals surface area contributed by atoms with Crippen LogP contribution in [0, 0.1) is 0 Å².